The van der Waals surface area contributed by atoms with Gasteiger partial charge in [-0.25, -0.2) is 9.97 Å². The number of hydrogen-bond donors (Lipinski definition) is 0. The Bertz CT molecular complexity index is 3460. The van der Waals surface area contributed by atoms with E-state index in [0.29, 0.717) is 5.95 Å². The Balaban J connectivity index is 1.21. The second-order valence-electron chi connectivity index (χ2n) is 13.7. The zero-order valence-corrected chi connectivity index (χ0v) is 28.2. The van der Waals surface area contributed by atoms with Crippen LogP contribution in [0.15, 0.2) is 173 Å². The van der Waals surface area contributed by atoms with Crippen molar-refractivity contribution in [2.45, 2.75) is 0 Å². The molecule has 0 fully saturated rings. The number of nitrogens with zero attached hydrogens (tertiary/aromatic N) is 3. The molecule has 12 aromatic rings. The molecule has 0 N–H and O–H groups in total. The van der Waals surface area contributed by atoms with Gasteiger partial charge in [0.2, 0.25) is 5.95 Å². The maximum Gasteiger partial charge on any atom is 0.235 e. The summed E-state index contributed by atoms with van der Waals surface area (Å²) in [5.74, 6) is 0.587. The van der Waals surface area contributed by atoms with Gasteiger partial charge in [0.25, 0.3) is 0 Å². The molecule has 0 aliphatic heterocycles. The van der Waals surface area contributed by atoms with Crippen LogP contribution in [0.4, 0.5) is 0 Å². The number of fused-ring (bicyclic) bond motifs is 14. The van der Waals surface area contributed by atoms with E-state index < -0.39 is 0 Å². The Morgan fingerprint density at radius 2 is 1.02 bits per heavy atom. The molecular weight excluding hydrogens is 651 g/mol. The van der Waals surface area contributed by atoms with Gasteiger partial charge in [0, 0.05) is 43.3 Å². The summed E-state index contributed by atoms with van der Waals surface area (Å²) >= 11 is 0. The van der Waals surface area contributed by atoms with Crippen LogP contribution in [-0.2, 0) is 0 Å². The van der Waals surface area contributed by atoms with Crippen LogP contribution >= 0.6 is 0 Å². The van der Waals surface area contributed by atoms with Crippen molar-refractivity contribution >= 4 is 87.4 Å². The van der Waals surface area contributed by atoms with Crippen LogP contribution in [0.5, 0.6) is 0 Å². The van der Waals surface area contributed by atoms with Crippen LogP contribution in [0.2, 0.25) is 0 Å². The summed E-state index contributed by atoms with van der Waals surface area (Å²) in [5, 5.41) is 9.85. The fraction of sp³-hybridized carbons (Fsp3) is 0. The van der Waals surface area contributed by atoms with Crippen LogP contribution in [0.3, 0.4) is 0 Å². The summed E-state index contributed by atoms with van der Waals surface area (Å²) in [6.07, 6.45) is 0. The predicted molar refractivity (Wildman–Crippen MR) is 217 cm³/mol. The van der Waals surface area contributed by atoms with E-state index in [-0.39, 0.29) is 0 Å². The third-order valence-corrected chi connectivity index (χ3v) is 10.8. The van der Waals surface area contributed by atoms with Gasteiger partial charge in [0.15, 0.2) is 5.58 Å². The van der Waals surface area contributed by atoms with Gasteiger partial charge in [-0.2, -0.15) is 0 Å². The maximum absolute atomic E-state index is 6.95. The molecule has 246 valence electrons. The second-order valence-corrected chi connectivity index (χ2v) is 13.7. The van der Waals surface area contributed by atoms with Crippen molar-refractivity contribution in [1.82, 2.24) is 14.5 Å². The zero-order valence-electron chi connectivity index (χ0n) is 28.2. The minimum Gasteiger partial charge on any atom is -0.456 e. The monoisotopic (exact) mass is 677 g/mol. The van der Waals surface area contributed by atoms with E-state index >= 15 is 0 Å². The first-order valence-corrected chi connectivity index (χ1v) is 17.8. The molecular formula is C48H27N3O2. The largest absolute Gasteiger partial charge is 0.456 e. The van der Waals surface area contributed by atoms with E-state index in [0.717, 1.165) is 104 Å². The lowest BCUT2D eigenvalue weighted by Gasteiger charge is -2.12. The molecule has 0 atom stereocenters. The summed E-state index contributed by atoms with van der Waals surface area (Å²) in [5.41, 5.74) is 10.4. The fourth-order valence-electron chi connectivity index (χ4n) is 8.45. The number of aromatic nitrogens is 3. The molecule has 0 radical (unpaired) electrons. The van der Waals surface area contributed by atoms with Gasteiger partial charge in [0.1, 0.15) is 22.3 Å². The highest BCUT2D eigenvalue weighted by Gasteiger charge is 2.25. The van der Waals surface area contributed by atoms with E-state index in [1.807, 2.05) is 18.2 Å². The topological polar surface area (TPSA) is 57.0 Å². The normalized spacial score (nSPS) is 12.2. The number of para-hydroxylation sites is 3. The van der Waals surface area contributed by atoms with Gasteiger partial charge in [-0.05, 0) is 70.4 Å². The Morgan fingerprint density at radius 3 is 1.87 bits per heavy atom. The Labute approximate surface area is 302 Å². The molecule has 0 spiro atoms. The second kappa shape index (κ2) is 10.6. The van der Waals surface area contributed by atoms with Crippen molar-refractivity contribution in [2.24, 2.45) is 0 Å². The Morgan fingerprint density at radius 1 is 0.396 bits per heavy atom. The Hall–Kier alpha value is -7.24. The van der Waals surface area contributed by atoms with Gasteiger partial charge in [0.05, 0.1) is 16.7 Å². The lowest BCUT2D eigenvalue weighted by molar-refractivity contribution is 0.669. The Kier molecular flexibility index (Phi) is 5.71. The first kappa shape index (κ1) is 28.5. The zero-order chi connectivity index (χ0) is 34.6. The van der Waals surface area contributed by atoms with E-state index in [1.54, 1.807) is 0 Å². The van der Waals surface area contributed by atoms with Crippen LogP contribution < -0.4 is 0 Å². The van der Waals surface area contributed by atoms with Gasteiger partial charge < -0.3 is 8.83 Å². The summed E-state index contributed by atoms with van der Waals surface area (Å²) in [7, 11) is 0. The third-order valence-electron chi connectivity index (χ3n) is 10.8. The molecule has 0 bridgehead atoms. The third kappa shape index (κ3) is 4.02. The number of benzene rings is 8. The van der Waals surface area contributed by atoms with Gasteiger partial charge >= 0.3 is 0 Å². The number of hydrogen-bond acceptors (Lipinski definition) is 4. The molecule has 0 saturated heterocycles. The SMILES string of the molecule is c1ccc(-c2ccc3oc4c(c3c2)c2ccccc2c2c3ccccc3n(-c3nc(-c5ccc6oc7ccccc7c6c5)c5ccccc5n3)c42)cc1. The molecule has 8 aromatic carbocycles. The van der Waals surface area contributed by atoms with Crippen LogP contribution in [0, 0.1) is 0 Å². The van der Waals surface area contributed by atoms with E-state index in [1.165, 1.54) is 5.56 Å². The fourth-order valence-corrected chi connectivity index (χ4v) is 8.45. The van der Waals surface area contributed by atoms with Gasteiger partial charge in [-0.3, -0.25) is 4.57 Å². The average Bonchev–Trinajstić information content (AvgIpc) is 3.90. The average molecular weight is 678 g/mol. The highest BCUT2D eigenvalue weighted by molar-refractivity contribution is 6.35. The minimum atomic E-state index is 0.587. The molecule has 53 heavy (non-hydrogen) atoms. The standard InChI is InChI=1S/C48H27N3O2/c1-2-12-28(13-3-1)29-22-24-42-37(26-29)44-33-16-5-4-15-32(33)43-35-18-7-10-20-39(35)51(46(43)47(44)53-42)48-49-38-19-9-6-17-34(38)45(50-48)30-23-25-41-36(27-30)31-14-8-11-21-40(31)52-41/h1-27H. The summed E-state index contributed by atoms with van der Waals surface area (Å²) < 4.78 is 15.4. The smallest absolute Gasteiger partial charge is 0.235 e. The van der Waals surface area contributed by atoms with Gasteiger partial charge in [-0.15, -0.1) is 0 Å². The van der Waals surface area contributed by atoms with Crippen molar-refractivity contribution in [2.75, 3.05) is 0 Å². The summed E-state index contributed by atoms with van der Waals surface area (Å²) in [6, 6.07) is 57.1. The highest BCUT2D eigenvalue weighted by Crippen LogP contribution is 2.46. The molecule has 5 heteroatoms. The molecule has 5 nitrogen and oxygen atoms in total. The maximum atomic E-state index is 6.95. The highest BCUT2D eigenvalue weighted by atomic mass is 16.3. The first-order valence-electron chi connectivity index (χ1n) is 17.8. The lowest BCUT2D eigenvalue weighted by atomic mass is 9.97. The molecule has 0 amide bonds. The molecule has 4 aromatic heterocycles. The molecule has 12 rings (SSSR count). The van der Waals surface area contributed by atoms with E-state index in [2.05, 4.69) is 150 Å². The molecule has 0 aliphatic carbocycles. The quantitative estimate of drug-likeness (QED) is 0.187. The summed E-state index contributed by atoms with van der Waals surface area (Å²) in [4.78, 5) is 10.8. The molecule has 4 heterocycles. The number of furan rings is 2. The lowest BCUT2D eigenvalue weighted by Crippen LogP contribution is -2.03. The summed E-state index contributed by atoms with van der Waals surface area (Å²) in [6.45, 7) is 0. The van der Waals surface area contributed by atoms with Crippen molar-refractivity contribution in [3.05, 3.63) is 164 Å². The molecule has 0 aliphatic rings. The van der Waals surface area contributed by atoms with Crippen LogP contribution in [0.1, 0.15) is 0 Å². The number of rotatable bonds is 3. The van der Waals surface area contributed by atoms with E-state index in [9.17, 15) is 0 Å². The minimum absolute atomic E-state index is 0.587. The molecule has 0 unspecified atom stereocenters. The van der Waals surface area contributed by atoms with Gasteiger partial charge in [-0.1, -0.05) is 115 Å². The van der Waals surface area contributed by atoms with Crippen molar-refractivity contribution in [3.8, 4) is 28.3 Å². The predicted octanol–water partition coefficient (Wildman–Crippen LogP) is 13.0. The van der Waals surface area contributed by atoms with Crippen LogP contribution in [0.25, 0.3) is 116 Å². The van der Waals surface area contributed by atoms with Crippen molar-refractivity contribution in [3.63, 3.8) is 0 Å². The van der Waals surface area contributed by atoms with E-state index in [4.69, 9.17) is 18.8 Å². The van der Waals surface area contributed by atoms with Crippen LogP contribution in [-0.4, -0.2) is 14.5 Å². The van der Waals surface area contributed by atoms with Crippen molar-refractivity contribution in [1.29, 1.82) is 0 Å². The van der Waals surface area contributed by atoms with Crippen molar-refractivity contribution < 1.29 is 8.83 Å². The first-order chi connectivity index (χ1) is 26.3. The molecule has 0 saturated carbocycles.